The summed E-state index contributed by atoms with van der Waals surface area (Å²) in [5.74, 6) is 0.871. The fourth-order valence-electron chi connectivity index (χ4n) is 1.96. The minimum absolute atomic E-state index is 0.0323. The van der Waals surface area contributed by atoms with Crippen LogP contribution in [0.5, 0.6) is 5.75 Å². The molecule has 0 bridgehead atoms. The van der Waals surface area contributed by atoms with E-state index >= 15 is 0 Å². The molecule has 0 spiro atoms. The Morgan fingerprint density at radius 3 is 3.00 bits per heavy atom. The van der Waals surface area contributed by atoms with E-state index in [9.17, 15) is 4.79 Å². The number of nitrogens with one attached hydrogen (secondary N) is 1. The highest BCUT2D eigenvalue weighted by Crippen LogP contribution is 2.23. The zero-order valence-electron chi connectivity index (χ0n) is 9.62. The molecule has 1 aromatic rings. The monoisotopic (exact) mass is 253 g/mol. The van der Waals surface area contributed by atoms with Crippen LogP contribution < -0.4 is 10.1 Å². The van der Waals surface area contributed by atoms with Crippen LogP contribution in [-0.4, -0.2) is 25.0 Å². The maximum atomic E-state index is 11.7. The highest BCUT2D eigenvalue weighted by atomic mass is 35.5. The molecule has 1 N–H and O–H groups in total. The first kappa shape index (κ1) is 12.4. The van der Waals surface area contributed by atoms with Crippen molar-refractivity contribution < 1.29 is 9.53 Å². The SMILES string of the molecule is O=C(CCOc1ccccc1Cl)C1CCCN1. The number of carbonyl (C=O) groups is 1. The molecule has 0 amide bonds. The predicted octanol–water partition coefficient (Wildman–Crippen LogP) is 2.43. The number of Topliss-reactive ketones (excluding diaryl/α,β-unsaturated/α-hetero) is 1. The molecule has 1 aromatic carbocycles. The van der Waals surface area contributed by atoms with Crippen LogP contribution >= 0.6 is 11.6 Å². The summed E-state index contributed by atoms with van der Waals surface area (Å²) in [4.78, 5) is 11.7. The zero-order valence-corrected chi connectivity index (χ0v) is 10.4. The third-order valence-electron chi connectivity index (χ3n) is 2.89. The Morgan fingerprint density at radius 2 is 2.29 bits per heavy atom. The first-order valence-corrected chi connectivity index (χ1v) is 6.28. The van der Waals surface area contributed by atoms with Gasteiger partial charge in [-0.2, -0.15) is 0 Å². The first-order valence-electron chi connectivity index (χ1n) is 5.91. The molecule has 0 saturated carbocycles. The maximum absolute atomic E-state index is 11.7. The number of ketones is 1. The van der Waals surface area contributed by atoms with Gasteiger partial charge in [0.2, 0.25) is 0 Å². The summed E-state index contributed by atoms with van der Waals surface area (Å²) in [5, 5.41) is 3.77. The van der Waals surface area contributed by atoms with Crippen LogP contribution in [0.25, 0.3) is 0 Å². The summed E-state index contributed by atoms with van der Waals surface area (Å²) < 4.78 is 5.49. The van der Waals surface area contributed by atoms with Crippen molar-refractivity contribution in [2.45, 2.75) is 25.3 Å². The second-order valence-corrected chi connectivity index (χ2v) is 4.55. The summed E-state index contributed by atoms with van der Waals surface area (Å²) in [5.41, 5.74) is 0. The molecule has 0 aliphatic carbocycles. The van der Waals surface area contributed by atoms with Crippen molar-refractivity contribution in [3.05, 3.63) is 29.3 Å². The smallest absolute Gasteiger partial charge is 0.153 e. The Bertz CT molecular complexity index is 389. The Kier molecular flexibility index (Phi) is 4.40. The molecule has 1 atom stereocenters. The average molecular weight is 254 g/mol. The van der Waals surface area contributed by atoms with Gasteiger partial charge in [-0.1, -0.05) is 23.7 Å². The van der Waals surface area contributed by atoms with Crippen molar-refractivity contribution in [1.82, 2.24) is 5.32 Å². The topological polar surface area (TPSA) is 38.3 Å². The van der Waals surface area contributed by atoms with E-state index in [-0.39, 0.29) is 11.8 Å². The molecule has 1 heterocycles. The first-order chi connectivity index (χ1) is 8.27. The van der Waals surface area contributed by atoms with Gasteiger partial charge in [0.1, 0.15) is 5.75 Å². The summed E-state index contributed by atoms with van der Waals surface area (Å²) in [7, 11) is 0. The average Bonchev–Trinajstić information content (AvgIpc) is 2.85. The fourth-order valence-corrected chi connectivity index (χ4v) is 2.15. The quantitative estimate of drug-likeness (QED) is 0.876. The van der Waals surface area contributed by atoms with E-state index in [2.05, 4.69) is 5.32 Å². The molecule has 1 fully saturated rings. The van der Waals surface area contributed by atoms with Gasteiger partial charge in [-0.05, 0) is 31.5 Å². The molecule has 3 nitrogen and oxygen atoms in total. The van der Waals surface area contributed by atoms with Crippen LogP contribution in [0.3, 0.4) is 0 Å². The zero-order chi connectivity index (χ0) is 12.1. The minimum Gasteiger partial charge on any atom is -0.492 e. The van der Waals surface area contributed by atoms with Crippen molar-refractivity contribution >= 4 is 17.4 Å². The third kappa shape index (κ3) is 3.45. The molecule has 1 aliphatic heterocycles. The number of rotatable bonds is 5. The Balaban J connectivity index is 1.76. The van der Waals surface area contributed by atoms with Gasteiger partial charge in [-0.25, -0.2) is 0 Å². The standard InChI is InChI=1S/C13H16ClNO2/c14-10-4-1-2-6-13(10)17-9-7-12(16)11-5-3-8-15-11/h1-2,4,6,11,15H,3,5,7-9H2. The molecule has 92 valence electrons. The number of hydrogen-bond acceptors (Lipinski definition) is 3. The summed E-state index contributed by atoms with van der Waals surface area (Å²) in [6, 6.07) is 7.33. The highest BCUT2D eigenvalue weighted by Gasteiger charge is 2.21. The third-order valence-corrected chi connectivity index (χ3v) is 3.20. The lowest BCUT2D eigenvalue weighted by atomic mass is 10.1. The van der Waals surface area contributed by atoms with E-state index in [0.29, 0.717) is 23.8 Å². The van der Waals surface area contributed by atoms with E-state index < -0.39 is 0 Å². The molecular formula is C13H16ClNO2. The van der Waals surface area contributed by atoms with Crippen LogP contribution in [0, 0.1) is 0 Å². The van der Waals surface area contributed by atoms with E-state index in [0.717, 1.165) is 19.4 Å². The lowest BCUT2D eigenvalue weighted by Gasteiger charge is -2.10. The molecule has 1 unspecified atom stereocenters. The lowest BCUT2D eigenvalue weighted by molar-refractivity contribution is -0.121. The van der Waals surface area contributed by atoms with Crippen molar-refractivity contribution in [2.24, 2.45) is 0 Å². The molecule has 17 heavy (non-hydrogen) atoms. The molecule has 0 aromatic heterocycles. The molecular weight excluding hydrogens is 238 g/mol. The van der Waals surface area contributed by atoms with E-state index in [1.54, 1.807) is 12.1 Å². The summed E-state index contributed by atoms with van der Waals surface area (Å²) in [6.45, 7) is 1.34. The van der Waals surface area contributed by atoms with Crippen molar-refractivity contribution in [1.29, 1.82) is 0 Å². The van der Waals surface area contributed by atoms with Crippen molar-refractivity contribution in [3.63, 3.8) is 0 Å². The molecule has 0 radical (unpaired) electrons. The normalized spacial score (nSPS) is 19.2. The number of halogens is 1. The number of carbonyl (C=O) groups excluding carboxylic acids is 1. The summed E-state index contributed by atoms with van der Waals surface area (Å²) >= 11 is 5.94. The van der Waals surface area contributed by atoms with Gasteiger partial charge in [-0.15, -0.1) is 0 Å². The number of benzene rings is 1. The van der Waals surface area contributed by atoms with E-state index in [4.69, 9.17) is 16.3 Å². The minimum atomic E-state index is 0.0323. The van der Waals surface area contributed by atoms with E-state index in [1.807, 2.05) is 12.1 Å². The largest absolute Gasteiger partial charge is 0.492 e. The fraction of sp³-hybridized carbons (Fsp3) is 0.462. The number of ether oxygens (including phenoxy) is 1. The van der Waals surface area contributed by atoms with Gasteiger partial charge in [0.05, 0.1) is 17.7 Å². The van der Waals surface area contributed by atoms with Crippen LogP contribution in [0.1, 0.15) is 19.3 Å². The predicted molar refractivity (Wildman–Crippen MR) is 67.6 cm³/mol. The van der Waals surface area contributed by atoms with Crippen molar-refractivity contribution in [3.8, 4) is 5.75 Å². The van der Waals surface area contributed by atoms with Gasteiger partial charge < -0.3 is 10.1 Å². The van der Waals surface area contributed by atoms with Crippen LogP contribution in [0.15, 0.2) is 24.3 Å². The van der Waals surface area contributed by atoms with Gasteiger partial charge >= 0.3 is 0 Å². The van der Waals surface area contributed by atoms with Gasteiger partial charge in [-0.3, -0.25) is 4.79 Å². The molecule has 2 rings (SSSR count). The van der Waals surface area contributed by atoms with Gasteiger partial charge in [0.25, 0.3) is 0 Å². The van der Waals surface area contributed by atoms with E-state index in [1.165, 1.54) is 0 Å². The molecule has 1 saturated heterocycles. The lowest BCUT2D eigenvalue weighted by Crippen LogP contribution is -2.31. The van der Waals surface area contributed by atoms with Crippen LogP contribution in [0.4, 0.5) is 0 Å². The highest BCUT2D eigenvalue weighted by molar-refractivity contribution is 6.32. The Labute approximate surface area is 106 Å². The van der Waals surface area contributed by atoms with Crippen LogP contribution in [-0.2, 0) is 4.79 Å². The number of para-hydroxylation sites is 1. The number of hydrogen-bond donors (Lipinski definition) is 1. The Morgan fingerprint density at radius 1 is 1.47 bits per heavy atom. The molecule has 1 aliphatic rings. The second-order valence-electron chi connectivity index (χ2n) is 4.14. The van der Waals surface area contributed by atoms with Gasteiger partial charge in [0, 0.05) is 6.42 Å². The summed E-state index contributed by atoms with van der Waals surface area (Å²) in [6.07, 6.45) is 2.47. The van der Waals surface area contributed by atoms with Crippen molar-refractivity contribution in [2.75, 3.05) is 13.2 Å². The Hall–Kier alpha value is -1.06. The maximum Gasteiger partial charge on any atom is 0.153 e. The van der Waals surface area contributed by atoms with Crippen LogP contribution in [0.2, 0.25) is 5.02 Å². The second kappa shape index (κ2) is 6.03. The van der Waals surface area contributed by atoms with Gasteiger partial charge in [0.15, 0.2) is 5.78 Å². The molecule has 4 heteroatoms.